The number of hydrogen-bond acceptors (Lipinski definition) is 5. The van der Waals surface area contributed by atoms with E-state index in [1.54, 1.807) is 6.92 Å². The first-order valence-corrected chi connectivity index (χ1v) is 9.92. The maximum Gasteiger partial charge on any atom is 0.407 e. The SMILES string of the molecule is CC1CC(Cc2nc(Cl)cc(S(C)(=O)=O)c2F)(C(=O)O)CCN1C(=O)O. The summed E-state index contributed by atoms with van der Waals surface area (Å²) in [4.78, 5) is 27.3. The van der Waals surface area contributed by atoms with Crippen LogP contribution in [0.3, 0.4) is 0 Å². The fourth-order valence-corrected chi connectivity index (χ4v) is 4.32. The lowest BCUT2D eigenvalue weighted by molar-refractivity contribution is -0.153. The normalized spacial score (nSPS) is 23.7. The summed E-state index contributed by atoms with van der Waals surface area (Å²) >= 11 is 5.79. The molecule has 0 bridgehead atoms. The summed E-state index contributed by atoms with van der Waals surface area (Å²) in [5.41, 5.74) is -1.84. The predicted octanol–water partition coefficient (Wildman–Crippen LogP) is 2.05. The molecular formula is C15H18ClFN2O6S. The van der Waals surface area contributed by atoms with Gasteiger partial charge in [-0.2, -0.15) is 0 Å². The Balaban J connectivity index is 2.46. The molecule has 0 spiro atoms. The van der Waals surface area contributed by atoms with Crippen molar-refractivity contribution >= 4 is 33.5 Å². The number of rotatable bonds is 4. The monoisotopic (exact) mass is 408 g/mol. The minimum absolute atomic E-state index is 0.0378. The zero-order valence-electron chi connectivity index (χ0n) is 14.1. The molecule has 1 aliphatic rings. The molecule has 2 rings (SSSR count). The third-order valence-corrected chi connectivity index (χ3v) is 5.91. The number of likely N-dealkylation sites (tertiary alicyclic amines) is 1. The van der Waals surface area contributed by atoms with E-state index in [1.807, 2.05) is 0 Å². The van der Waals surface area contributed by atoms with E-state index in [1.165, 1.54) is 0 Å². The molecule has 1 amide bonds. The highest BCUT2D eigenvalue weighted by atomic mass is 35.5. The van der Waals surface area contributed by atoms with Crippen LogP contribution in [-0.4, -0.2) is 59.4 Å². The van der Waals surface area contributed by atoms with E-state index in [4.69, 9.17) is 16.7 Å². The van der Waals surface area contributed by atoms with Gasteiger partial charge >= 0.3 is 12.1 Å². The Morgan fingerprint density at radius 1 is 1.46 bits per heavy atom. The summed E-state index contributed by atoms with van der Waals surface area (Å²) < 4.78 is 38.1. The third kappa shape index (κ3) is 3.90. The van der Waals surface area contributed by atoms with Gasteiger partial charge in [-0.15, -0.1) is 0 Å². The van der Waals surface area contributed by atoms with Crippen molar-refractivity contribution in [3.05, 3.63) is 22.7 Å². The van der Waals surface area contributed by atoms with Crippen molar-refractivity contribution in [1.29, 1.82) is 0 Å². The molecule has 11 heteroatoms. The van der Waals surface area contributed by atoms with Gasteiger partial charge in [0.1, 0.15) is 10.0 Å². The first kappa shape index (κ1) is 20.4. The van der Waals surface area contributed by atoms with E-state index >= 15 is 0 Å². The van der Waals surface area contributed by atoms with Crippen LogP contribution in [0.15, 0.2) is 11.0 Å². The van der Waals surface area contributed by atoms with Crippen molar-refractivity contribution in [1.82, 2.24) is 9.88 Å². The zero-order chi connectivity index (χ0) is 19.9. The van der Waals surface area contributed by atoms with Crippen molar-refractivity contribution in [2.45, 2.75) is 37.1 Å². The molecule has 1 aromatic rings. The molecule has 2 unspecified atom stereocenters. The lowest BCUT2D eigenvalue weighted by Crippen LogP contribution is -2.51. The molecule has 0 saturated carbocycles. The number of carboxylic acids is 1. The summed E-state index contributed by atoms with van der Waals surface area (Å²) in [7, 11) is -3.92. The number of aliphatic carboxylic acids is 1. The number of carbonyl (C=O) groups is 2. The molecule has 2 heterocycles. The second-order valence-electron chi connectivity index (χ2n) is 6.52. The largest absolute Gasteiger partial charge is 0.481 e. The van der Waals surface area contributed by atoms with Gasteiger partial charge in [-0.05, 0) is 25.8 Å². The topological polar surface area (TPSA) is 125 Å². The van der Waals surface area contributed by atoms with E-state index < -0.39 is 50.5 Å². The summed E-state index contributed by atoms with van der Waals surface area (Å²) in [6.07, 6.45) is -0.860. The lowest BCUT2D eigenvalue weighted by Gasteiger charge is -2.41. The minimum atomic E-state index is -3.92. The molecule has 1 fully saturated rings. The van der Waals surface area contributed by atoms with Gasteiger partial charge in [-0.1, -0.05) is 11.6 Å². The van der Waals surface area contributed by atoms with Crippen LogP contribution in [0.5, 0.6) is 0 Å². The van der Waals surface area contributed by atoms with E-state index in [0.29, 0.717) is 0 Å². The average Bonchev–Trinajstić information content (AvgIpc) is 2.49. The molecule has 26 heavy (non-hydrogen) atoms. The van der Waals surface area contributed by atoms with Crippen LogP contribution in [-0.2, 0) is 21.1 Å². The molecule has 0 aliphatic carbocycles. The molecule has 0 radical (unpaired) electrons. The van der Waals surface area contributed by atoms with Crippen molar-refractivity contribution < 1.29 is 32.6 Å². The van der Waals surface area contributed by atoms with Crippen molar-refractivity contribution in [3.8, 4) is 0 Å². The Bertz CT molecular complexity index is 862. The number of aromatic nitrogens is 1. The lowest BCUT2D eigenvalue weighted by atomic mass is 9.72. The third-order valence-electron chi connectivity index (χ3n) is 4.62. The highest BCUT2D eigenvalue weighted by Crippen LogP contribution is 2.39. The summed E-state index contributed by atoms with van der Waals surface area (Å²) in [6, 6.07) is 0.271. The van der Waals surface area contributed by atoms with Crippen LogP contribution in [0.2, 0.25) is 5.15 Å². The predicted molar refractivity (Wildman–Crippen MR) is 89.5 cm³/mol. The second kappa shape index (κ2) is 6.99. The van der Waals surface area contributed by atoms with E-state index in [2.05, 4.69) is 4.98 Å². The molecule has 2 N–H and O–H groups in total. The van der Waals surface area contributed by atoms with Crippen molar-refractivity contribution in [2.75, 3.05) is 12.8 Å². The second-order valence-corrected chi connectivity index (χ2v) is 8.89. The van der Waals surface area contributed by atoms with Crippen LogP contribution in [0, 0.1) is 11.2 Å². The number of hydrogen-bond donors (Lipinski definition) is 2. The first-order chi connectivity index (χ1) is 11.9. The number of sulfone groups is 1. The minimum Gasteiger partial charge on any atom is -0.481 e. The molecule has 0 aromatic carbocycles. The van der Waals surface area contributed by atoms with Gasteiger partial charge in [0.15, 0.2) is 15.7 Å². The van der Waals surface area contributed by atoms with Gasteiger partial charge in [-0.25, -0.2) is 22.6 Å². The molecule has 1 saturated heterocycles. The van der Waals surface area contributed by atoms with E-state index in [0.717, 1.165) is 17.2 Å². The molecule has 2 atom stereocenters. The maximum atomic E-state index is 14.6. The molecular weight excluding hydrogens is 391 g/mol. The van der Waals surface area contributed by atoms with Crippen molar-refractivity contribution in [3.63, 3.8) is 0 Å². The molecule has 1 aliphatic heterocycles. The maximum absolute atomic E-state index is 14.6. The highest BCUT2D eigenvalue weighted by molar-refractivity contribution is 7.90. The first-order valence-electron chi connectivity index (χ1n) is 7.65. The van der Waals surface area contributed by atoms with Gasteiger partial charge < -0.3 is 15.1 Å². The van der Waals surface area contributed by atoms with Gasteiger partial charge in [-0.3, -0.25) is 4.79 Å². The van der Waals surface area contributed by atoms with Crippen LogP contribution in [0.25, 0.3) is 0 Å². The Hall–Kier alpha value is -1.94. The van der Waals surface area contributed by atoms with Gasteiger partial charge in [0.25, 0.3) is 0 Å². The standard InChI is InChI=1S/C15H18ClFN2O6S/c1-8-6-15(13(20)21,3-4-19(8)14(22)23)7-9-12(17)10(26(2,24)25)5-11(16)18-9/h5,8H,3-4,6-7H2,1-2H3,(H,20,21)(H,22,23). The van der Waals surface area contributed by atoms with E-state index in [-0.39, 0.29) is 30.2 Å². The quantitative estimate of drug-likeness (QED) is 0.730. The van der Waals surface area contributed by atoms with Gasteiger partial charge in [0, 0.05) is 25.3 Å². The Morgan fingerprint density at radius 2 is 2.08 bits per heavy atom. The van der Waals surface area contributed by atoms with Crippen LogP contribution < -0.4 is 0 Å². The number of nitrogens with zero attached hydrogens (tertiary/aromatic N) is 2. The zero-order valence-corrected chi connectivity index (χ0v) is 15.6. The number of amides is 1. The molecule has 8 nitrogen and oxygen atoms in total. The summed E-state index contributed by atoms with van der Waals surface area (Å²) in [5, 5.41) is 18.6. The number of piperidine rings is 1. The fourth-order valence-electron chi connectivity index (χ4n) is 3.28. The molecule has 1 aromatic heterocycles. The van der Waals surface area contributed by atoms with E-state index in [9.17, 15) is 27.5 Å². The van der Waals surface area contributed by atoms with Gasteiger partial charge in [0.05, 0.1) is 11.1 Å². The van der Waals surface area contributed by atoms with Gasteiger partial charge in [0.2, 0.25) is 0 Å². The Labute approximate surface area is 154 Å². The number of halogens is 2. The summed E-state index contributed by atoms with van der Waals surface area (Å²) in [5.74, 6) is -2.36. The smallest absolute Gasteiger partial charge is 0.407 e. The highest BCUT2D eigenvalue weighted by Gasteiger charge is 2.46. The fraction of sp³-hybridized carbons (Fsp3) is 0.533. The van der Waals surface area contributed by atoms with Crippen LogP contribution >= 0.6 is 11.6 Å². The van der Waals surface area contributed by atoms with Crippen LogP contribution in [0.4, 0.5) is 9.18 Å². The van der Waals surface area contributed by atoms with Crippen molar-refractivity contribution in [2.24, 2.45) is 5.41 Å². The summed E-state index contributed by atoms with van der Waals surface area (Å²) in [6.45, 7) is 1.53. The Kier molecular flexibility index (Phi) is 5.48. The number of pyridine rings is 1. The number of carboxylic acid groups (broad SMARTS) is 2. The average molecular weight is 409 g/mol. The molecule has 144 valence electrons. The Morgan fingerprint density at radius 3 is 2.54 bits per heavy atom. The van der Waals surface area contributed by atoms with Crippen LogP contribution in [0.1, 0.15) is 25.5 Å².